The molecule has 3 aromatic carbocycles. The van der Waals surface area contributed by atoms with Gasteiger partial charge < -0.3 is 4.57 Å². The van der Waals surface area contributed by atoms with Crippen LogP contribution in [-0.4, -0.2) is 14.8 Å². The Balaban J connectivity index is 1.62. The Morgan fingerprint density at radius 1 is 0.893 bits per heavy atom. The molecule has 4 nitrogen and oxygen atoms in total. The first kappa shape index (κ1) is 15.5. The third kappa shape index (κ3) is 2.15. The van der Waals surface area contributed by atoms with Crippen molar-refractivity contribution >= 4 is 21.7 Å². The summed E-state index contributed by atoms with van der Waals surface area (Å²) in [6.07, 6.45) is 4.39. The highest BCUT2D eigenvalue weighted by Gasteiger charge is 2.22. The van der Waals surface area contributed by atoms with E-state index in [1.807, 2.05) is 12.1 Å². The summed E-state index contributed by atoms with van der Waals surface area (Å²) in [4.78, 5) is 12.8. The fraction of sp³-hybridized carbons (Fsp3) is 0.125. The third-order valence-electron chi connectivity index (χ3n) is 5.91. The Bertz CT molecular complexity index is 1420. The molecule has 0 amide bonds. The standard InChI is InChI=1S/C24H19N3O/c28-24-21(20-14-27-12-4-8-16-7-3-9-19(20)23(16)27)22(25-26-24)18-11-10-15-5-1-2-6-17(15)13-18/h1-3,5-7,9-11,13-14H,4,8,12H2,(H2,25,26,28). The van der Waals surface area contributed by atoms with Crippen LogP contribution in [0.1, 0.15) is 12.0 Å². The van der Waals surface area contributed by atoms with E-state index in [4.69, 9.17) is 0 Å². The van der Waals surface area contributed by atoms with E-state index >= 15 is 0 Å². The summed E-state index contributed by atoms with van der Waals surface area (Å²) in [5.41, 5.74) is 6.15. The number of nitrogens with one attached hydrogen (secondary N) is 2. The SMILES string of the molecule is O=c1[nH][nH]c(-c2ccc3ccccc3c2)c1-c1cn2c3c(cccc13)CCC2. The zero-order valence-corrected chi connectivity index (χ0v) is 15.3. The minimum atomic E-state index is -0.0770. The van der Waals surface area contributed by atoms with E-state index in [9.17, 15) is 4.79 Å². The molecule has 6 rings (SSSR count). The molecule has 5 aromatic rings. The highest BCUT2D eigenvalue weighted by molar-refractivity contribution is 6.01. The molecule has 0 saturated carbocycles. The average Bonchev–Trinajstić information content (AvgIpc) is 3.30. The van der Waals surface area contributed by atoms with E-state index in [0.717, 1.165) is 52.5 Å². The van der Waals surface area contributed by atoms with E-state index in [0.29, 0.717) is 0 Å². The van der Waals surface area contributed by atoms with Crippen LogP contribution in [0.25, 0.3) is 44.1 Å². The van der Waals surface area contributed by atoms with Crippen molar-refractivity contribution in [2.45, 2.75) is 19.4 Å². The summed E-state index contributed by atoms with van der Waals surface area (Å²) >= 11 is 0. The lowest BCUT2D eigenvalue weighted by Gasteiger charge is -2.14. The van der Waals surface area contributed by atoms with Gasteiger partial charge in [-0.3, -0.25) is 15.0 Å². The summed E-state index contributed by atoms with van der Waals surface area (Å²) in [6.45, 7) is 1.00. The van der Waals surface area contributed by atoms with Gasteiger partial charge >= 0.3 is 0 Å². The maximum atomic E-state index is 12.8. The number of nitrogens with zero attached hydrogens (tertiary/aromatic N) is 1. The molecule has 2 N–H and O–H groups in total. The third-order valence-corrected chi connectivity index (χ3v) is 5.91. The second-order valence-corrected chi connectivity index (χ2v) is 7.54. The van der Waals surface area contributed by atoms with Crippen molar-refractivity contribution in [3.8, 4) is 22.4 Å². The van der Waals surface area contributed by atoms with E-state index in [2.05, 4.69) is 69.5 Å². The molecule has 0 saturated heterocycles. The van der Waals surface area contributed by atoms with Crippen molar-refractivity contribution < 1.29 is 0 Å². The number of aromatic nitrogens is 3. The Kier molecular flexibility index (Phi) is 3.18. The lowest BCUT2D eigenvalue weighted by Crippen LogP contribution is -2.05. The van der Waals surface area contributed by atoms with Crippen LogP contribution in [0, 0.1) is 0 Å². The number of hydrogen-bond acceptors (Lipinski definition) is 1. The van der Waals surface area contributed by atoms with Crippen LogP contribution < -0.4 is 5.56 Å². The summed E-state index contributed by atoms with van der Waals surface area (Å²) < 4.78 is 2.31. The van der Waals surface area contributed by atoms with Crippen LogP contribution in [0.5, 0.6) is 0 Å². The van der Waals surface area contributed by atoms with Crippen molar-refractivity contribution in [1.29, 1.82) is 0 Å². The van der Waals surface area contributed by atoms with Crippen molar-refractivity contribution in [1.82, 2.24) is 14.8 Å². The maximum Gasteiger partial charge on any atom is 0.272 e. The number of H-pyrrole nitrogens is 2. The predicted molar refractivity (Wildman–Crippen MR) is 114 cm³/mol. The molecule has 0 bridgehead atoms. The van der Waals surface area contributed by atoms with Crippen LogP contribution in [0.4, 0.5) is 0 Å². The van der Waals surface area contributed by atoms with E-state index in [-0.39, 0.29) is 5.56 Å². The highest BCUT2D eigenvalue weighted by atomic mass is 16.1. The van der Waals surface area contributed by atoms with Gasteiger partial charge in [-0.25, -0.2) is 0 Å². The molecule has 1 aliphatic rings. The van der Waals surface area contributed by atoms with Gasteiger partial charge in [-0.2, -0.15) is 0 Å². The van der Waals surface area contributed by atoms with Crippen molar-refractivity contribution in [3.05, 3.63) is 82.8 Å². The number of rotatable bonds is 2. The summed E-state index contributed by atoms with van der Waals surface area (Å²) in [5.74, 6) is 0. The molecule has 2 aromatic heterocycles. The van der Waals surface area contributed by atoms with Crippen molar-refractivity contribution in [2.24, 2.45) is 0 Å². The largest absolute Gasteiger partial charge is 0.347 e. The molecule has 3 heterocycles. The van der Waals surface area contributed by atoms with E-state index in [1.165, 1.54) is 16.5 Å². The first-order valence-corrected chi connectivity index (χ1v) is 9.70. The minimum Gasteiger partial charge on any atom is -0.347 e. The first-order chi connectivity index (χ1) is 13.8. The van der Waals surface area contributed by atoms with Gasteiger partial charge in [0.25, 0.3) is 5.56 Å². The van der Waals surface area contributed by atoms with Gasteiger partial charge in [-0.05, 0) is 35.2 Å². The Morgan fingerprint density at radius 2 is 1.79 bits per heavy atom. The number of para-hydroxylation sites is 1. The Labute approximate surface area is 161 Å². The Hall–Kier alpha value is -3.53. The molecule has 0 spiro atoms. The molecule has 0 atom stereocenters. The van der Waals surface area contributed by atoms with Crippen LogP contribution in [0.2, 0.25) is 0 Å². The summed E-state index contributed by atoms with van der Waals surface area (Å²) in [5, 5.41) is 9.46. The first-order valence-electron chi connectivity index (χ1n) is 9.70. The molecule has 0 radical (unpaired) electrons. The van der Waals surface area contributed by atoms with Gasteiger partial charge in [-0.15, -0.1) is 0 Å². The zero-order chi connectivity index (χ0) is 18.7. The van der Waals surface area contributed by atoms with Crippen LogP contribution in [0.15, 0.2) is 71.7 Å². The fourth-order valence-corrected chi connectivity index (χ4v) is 4.63. The molecule has 28 heavy (non-hydrogen) atoms. The quantitative estimate of drug-likeness (QED) is 0.450. The number of fused-ring (bicyclic) bond motifs is 1. The normalized spacial score (nSPS) is 13.4. The number of hydrogen-bond donors (Lipinski definition) is 2. The minimum absolute atomic E-state index is 0.0770. The summed E-state index contributed by atoms with van der Waals surface area (Å²) in [7, 11) is 0. The number of aromatic amines is 2. The predicted octanol–water partition coefficient (Wildman–Crippen LogP) is 5.09. The number of benzene rings is 3. The van der Waals surface area contributed by atoms with Crippen LogP contribution in [-0.2, 0) is 13.0 Å². The highest BCUT2D eigenvalue weighted by Crippen LogP contribution is 2.37. The molecular weight excluding hydrogens is 346 g/mol. The Morgan fingerprint density at radius 3 is 2.71 bits per heavy atom. The fourth-order valence-electron chi connectivity index (χ4n) is 4.63. The van der Waals surface area contributed by atoms with E-state index in [1.54, 1.807) is 0 Å². The van der Waals surface area contributed by atoms with Gasteiger partial charge in [0.05, 0.1) is 16.8 Å². The molecule has 1 aliphatic heterocycles. The molecule has 0 aliphatic carbocycles. The number of aryl methyl sites for hydroxylation is 2. The van der Waals surface area contributed by atoms with Crippen LogP contribution in [0.3, 0.4) is 0 Å². The van der Waals surface area contributed by atoms with Crippen LogP contribution >= 0.6 is 0 Å². The smallest absolute Gasteiger partial charge is 0.272 e. The van der Waals surface area contributed by atoms with Gasteiger partial charge in [0.15, 0.2) is 0 Å². The van der Waals surface area contributed by atoms with Gasteiger partial charge in [0, 0.05) is 29.3 Å². The van der Waals surface area contributed by atoms with Crippen molar-refractivity contribution in [3.63, 3.8) is 0 Å². The molecule has 0 unspecified atom stereocenters. The summed E-state index contributed by atoms with van der Waals surface area (Å²) in [6, 6.07) is 21.0. The van der Waals surface area contributed by atoms with Gasteiger partial charge in [0.1, 0.15) is 0 Å². The maximum absolute atomic E-state index is 12.8. The van der Waals surface area contributed by atoms with Crippen molar-refractivity contribution in [2.75, 3.05) is 0 Å². The lowest BCUT2D eigenvalue weighted by atomic mass is 9.97. The monoisotopic (exact) mass is 365 g/mol. The molecular formula is C24H19N3O. The lowest BCUT2D eigenvalue weighted by molar-refractivity contribution is 0.636. The molecule has 4 heteroatoms. The second kappa shape index (κ2) is 5.73. The topological polar surface area (TPSA) is 53.6 Å². The van der Waals surface area contributed by atoms with Gasteiger partial charge in [-0.1, -0.05) is 54.6 Å². The second-order valence-electron chi connectivity index (χ2n) is 7.54. The van der Waals surface area contributed by atoms with Gasteiger partial charge in [0.2, 0.25) is 0 Å². The zero-order valence-electron chi connectivity index (χ0n) is 15.3. The average molecular weight is 365 g/mol. The molecule has 136 valence electrons. The molecule has 0 fully saturated rings. The van der Waals surface area contributed by atoms with E-state index < -0.39 is 0 Å².